The molecule has 1 nitrogen and oxygen atoms in total. The van der Waals surface area contributed by atoms with Crippen molar-refractivity contribution in [1.82, 2.24) is 5.32 Å². The molecule has 0 amide bonds. The maximum absolute atomic E-state index is 14.2. The zero-order valence-electron chi connectivity index (χ0n) is 9.26. The summed E-state index contributed by atoms with van der Waals surface area (Å²) < 4.78 is 14.2. The lowest BCUT2D eigenvalue weighted by atomic mass is 10.00. The lowest BCUT2D eigenvalue weighted by Crippen LogP contribution is -2.32. The zero-order valence-corrected chi connectivity index (χ0v) is 10.0. The van der Waals surface area contributed by atoms with E-state index >= 15 is 0 Å². The number of halogens is 2. The van der Waals surface area contributed by atoms with Gasteiger partial charge in [-0.3, -0.25) is 0 Å². The first kappa shape index (κ1) is 11.9. The van der Waals surface area contributed by atoms with Crippen LogP contribution in [-0.4, -0.2) is 12.6 Å². The van der Waals surface area contributed by atoms with Crippen LogP contribution in [0.5, 0.6) is 0 Å². The Morgan fingerprint density at radius 1 is 1.19 bits per heavy atom. The second kappa shape index (κ2) is 5.65. The van der Waals surface area contributed by atoms with Gasteiger partial charge in [0.25, 0.3) is 0 Å². The fourth-order valence-electron chi connectivity index (χ4n) is 2.18. The molecule has 0 saturated carbocycles. The van der Waals surface area contributed by atoms with Crippen LogP contribution in [0.4, 0.5) is 4.39 Å². The lowest BCUT2D eigenvalue weighted by molar-refractivity contribution is 0.249. The second-order valence-electron chi connectivity index (χ2n) is 4.36. The maximum atomic E-state index is 14.2. The van der Waals surface area contributed by atoms with Crippen LogP contribution < -0.4 is 5.32 Å². The SMILES string of the molecule is FC(c1ccc(Cl)cc1)C1CCCCCN1. The molecule has 1 heterocycles. The van der Waals surface area contributed by atoms with E-state index in [1.165, 1.54) is 6.42 Å². The first-order valence-electron chi connectivity index (χ1n) is 5.90. The molecule has 2 atom stereocenters. The topological polar surface area (TPSA) is 12.0 Å². The first-order chi connectivity index (χ1) is 7.77. The molecule has 1 aromatic carbocycles. The highest BCUT2D eigenvalue weighted by atomic mass is 35.5. The third kappa shape index (κ3) is 2.96. The highest BCUT2D eigenvalue weighted by Crippen LogP contribution is 2.27. The summed E-state index contributed by atoms with van der Waals surface area (Å²) in [5, 5.41) is 3.94. The number of alkyl halides is 1. The molecule has 1 aliphatic heterocycles. The van der Waals surface area contributed by atoms with Crippen LogP contribution in [0.1, 0.15) is 37.4 Å². The van der Waals surface area contributed by atoms with E-state index in [1.54, 1.807) is 24.3 Å². The Morgan fingerprint density at radius 2 is 1.94 bits per heavy atom. The van der Waals surface area contributed by atoms with Crippen LogP contribution in [0.2, 0.25) is 5.02 Å². The van der Waals surface area contributed by atoms with E-state index in [9.17, 15) is 4.39 Å². The molecule has 16 heavy (non-hydrogen) atoms. The highest BCUT2D eigenvalue weighted by molar-refractivity contribution is 6.30. The molecule has 0 aliphatic carbocycles. The number of hydrogen-bond donors (Lipinski definition) is 1. The Balaban J connectivity index is 2.04. The third-order valence-corrected chi connectivity index (χ3v) is 3.39. The van der Waals surface area contributed by atoms with Crippen molar-refractivity contribution in [2.75, 3.05) is 6.54 Å². The molecule has 88 valence electrons. The van der Waals surface area contributed by atoms with Crippen molar-refractivity contribution in [3.05, 3.63) is 34.9 Å². The van der Waals surface area contributed by atoms with Crippen LogP contribution in [0.3, 0.4) is 0 Å². The summed E-state index contributed by atoms with van der Waals surface area (Å²) in [6.45, 7) is 0.929. The van der Waals surface area contributed by atoms with Crippen LogP contribution >= 0.6 is 11.6 Å². The van der Waals surface area contributed by atoms with Gasteiger partial charge in [-0.2, -0.15) is 0 Å². The Bertz CT molecular complexity index is 317. The molecule has 0 radical (unpaired) electrons. The van der Waals surface area contributed by atoms with Crippen LogP contribution in [0, 0.1) is 0 Å². The van der Waals surface area contributed by atoms with Crippen LogP contribution in [0.15, 0.2) is 24.3 Å². The Hall–Kier alpha value is -0.600. The summed E-state index contributed by atoms with van der Waals surface area (Å²) in [6.07, 6.45) is 3.48. The summed E-state index contributed by atoms with van der Waals surface area (Å²) in [4.78, 5) is 0. The summed E-state index contributed by atoms with van der Waals surface area (Å²) >= 11 is 5.79. The van der Waals surface area contributed by atoms with Crippen molar-refractivity contribution in [1.29, 1.82) is 0 Å². The quantitative estimate of drug-likeness (QED) is 0.829. The van der Waals surface area contributed by atoms with Gasteiger partial charge in [0.05, 0.1) is 0 Å². The molecule has 1 aliphatic rings. The van der Waals surface area contributed by atoms with E-state index in [0.717, 1.165) is 31.4 Å². The predicted molar refractivity (Wildman–Crippen MR) is 65.6 cm³/mol. The summed E-state index contributed by atoms with van der Waals surface area (Å²) in [7, 11) is 0. The molecule has 0 bridgehead atoms. The average molecular weight is 242 g/mol. The van der Waals surface area contributed by atoms with Crippen LogP contribution in [-0.2, 0) is 0 Å². The number of benzene rings is 1. The van der Waals surface area contributed by atoms with E-state index in [4.69, 9.17) is 11.6 Å². The molecule has 1 saturated heterocycles. The monoisotopic (exact) mass is 241 g/mol. The van der Waals surface area contributed by atoms with E-state index in [1.807, 2.05) is 0 Å². The van der Waals surface area contributed by atoms with Crippen molar-refractivity contribution >= 4 is 11.6 Å². The minimum atomic E-state index is -0.921. The smallest absolute Gasteiger partial charge is 0.140 e. The lowest BCUT2D eigenvalue weighted by Gasteiger charge is -2.20. The molecule has 3 heteroatoms. The van der Waals surface area contributed by atoms with Gasteiger partial charge in [0.1, 0.15) is 6.17 Å². The Labute approximate surface area is 101 Å². The van der Waals surface area contributed by atoms with E-state index < -0.39 is 6.17 Å². The third-order valence-electron chi connectivity index (χ3n) is 3.14. The zero-order chi connectivity index (χ0) is 11.4. The highest BCUT2D eigenvalue weighted by Gasteiger charge is 2.23. The molecule has 1 N–H and O–H groups in total. The molecule has 1 aromatic rings. The number of hydrogen-bond acceptors (Lipinski definition) is 1. The molecule has 0 aromatic heterocycles. The molecule has 2 unspecified atom stereocenters. The largest absolute Gasteiger partial charge is 0.311 e. The van der Waals surface area contributed by atoms with Crippen molar-refractivity contribution in [3.63, 3.8) is 0 Å². The molecular weight excluding hydrogens is 225 g/mol. The van der Waals surface area contributed by atoms with E-state index in [0.29, 0.717) is 5.02 Å². The van der Waals surface area contributed by atoms with Gasteiger partial charge >= 0.3 is 0 Å². The van der Waals surface area contributed by atoms with E-state index in [2.05, 4.69) is 5.32 Å². The van der Waals surface area contributed by atoms with Gasteiger partial charge in [0, 0.05) is 11.1 Å². The fourth-order valence-corrected chi connectivity index (χ4v) is 2.31. The second-order valence-corrected chi connectivity index (χ2v) is 4.80. The van der Waals surface area contributed by atoms with Gasteiger partial charge in [-0.1, -0.05) is 36.6 Å². The van der Waals surface area contributed by atoms with Gasteiger partial charge in [0.15, 0.2) is 0 Å². The summed E-state index contributed by atoms with van der Waals surface area (Å²) in [5.41, 5.74) is 0.726. The Kier molecular flexibility index (Phi) is 4.19. The minimum absolute atomic E-state index is 0.0383. The molecule has 2 rings (SSSR count). The average Bonchev–Trinajstić information content (AvgIpc) is 2.57. The van der Waals surface area contributed by atoms with Crippen molar-refractivity contribution < 1.29 is 4.39 Å². The summed E-state index contributed by atoms with van der Waals surface area (Å²) in [5.74, 6) is 0. The number of nitrogens with one attached hydrogen (secondary N) is 1. The minimum Gasteiger partial charge on any atom is -0.311 e. The van der Waals surface area contributed by atoms with Gasteiger partial charge in [-0.25, -0.2) is 4.39 Å². The van der Waals surface area contributed by atoms with Gasteiger partial charge in [-0.05, 0) is 37.1 Å². The van der Waals surface area contributed by atoms with Crippen molar-refractivity contribution in [3.8, 4) is 0 Å². The Morgan fingerprint density at radius 3 is 2.69 bits per heavy atom. The first-order valence-corrected chi connectivity index (χ1v) is 6.28. The summed E-state index contributed by atoms with van der Waals surface area (Å²) in [6, 6.07) is 7.02. The normalized spacial score (nSPS) is 23.8. The maximum Gasteiger partial charge on any atom is 0.140 e. The molecule has 1 fully saturated rings. The number of rotatable bonds is 2. The van der Waals surface area contributed by atoms with Gasteiger partial charge in [-0.15, -0.1) is 0 Å². The van der Waals surface area contributed by atoms with Crippen LogP contribution in [0.25, 0.3) is 0 Å². The predicted octanol–water partition coefficient (Wildman–Crippen LogP) is 3.88. The molecular formula is C13H17ClFN. The standard InChI is InChI=1S/C13H17ClFN/c14-11-7-5-10(6-8-11)13(15)12-4-2-1-3-9-16-12/h5-8,12-13,16H,1-4,9H2. The fraction of sp³-hybridized carbons (Fsp3) is 0.538. The van der Waals surface area contributed by atoms with Gasteiger partial charge in [0.2, 0.25) is 0 Å². The van der Waals surface area contributed by atoms with Crippen molar-refractivity contribution in [2.24, 2.45) is 0 Å². The van der Waals surface area contributed by atoms with E-state index in [-0.39, 0.29) is 6.04 Å². The molecule has 0 spiro atoms. The van der Waals surface area contributed by atoms with Gasteiger partial charge < -0.3 is 5.32 Å². The van der Waals surface area contributed by atoms with Crippen molar-refractivity contribution in [2.45, 2.75) is 37.9 Å².